The van der Waals surface area contributed by atoms with Crippen LogP contribution in [0.3, 0.4) is 0 Å². The molecule has 0 aromatic rings. The smallest absolute Gasteiger partial charge is 0.0749 e. The number of hydrogen-bond donors (Lipinski definition) is 0. The lowest BCUT2D eigenvalue weighted by molar-refractivity contribution is -0.130. The van der Waals surface area contributed by atoms with Crippen molar-refractivity contribution in [2.45, 2.75) is 60.0 Å². The lowest BCUT2D eigenvalue weighted by atomic mass is 9.67. The van der Waals surface area contributed by atoms with E-state index in [9.17, 15) is 0 Å². The fourth-order valence-electron chi connectivity index (χ4n) is 2.55. The first kappa shape index (κ1) is 13.0. The summed E-state index contributed by atoms with van der Waals surface area (Å²) in [6, 6.07) is 0. The average molecular weight is 186 g/mol. The van der Waals surface area contributed by atoms with Crippen LogP contribution in [0.2, 0.25) is 0 Å². The molecule has 0 fully saturated rings. The van der Waals surface area contributed by atoms with Crippen LogP contribution in [0.15, 0.2) is 0 Å². The SMILES string of the molecule is CCC[C@@](OC)(C(C)C)C(C)(C)C. The minimum absolute atomic E-state index is 0.0295. The number of ether oxygens (including phenoxy) is 1. The molecule has 0 heterocycles. The van der Waals surface area contributed by atoms with E-state index in [0.717, 1.165) is 6.42 Å². The molecule has 1 atom stereocenters. The van der Waals surface area contributed by atoms with Gasteiger partial charge in [-0.15, -0.1) is 0 Å². The molecule has 1 heteroatoms. The summed E-state index contributed by atoms with van der Waals surface area (Å²) in [7, 11) is 1.85. The Bertz CT molecular complexity index is 144. The molecule has 0 aliphatic rings. The minimum Gasteiger partial charge on any atom is -0.377 e. The predicted octanol–water partition coefficient (Wildman–Crippen LogP) is 3.87. The maximum absolute atomic E-state index is 5.80. The molecule has 0 amide bonds. The molecule has 0 aromatic heterocycles. The minimum atomic E-state index is 0.0295. The van der Waals surface area contributed by atoms with Gasteiger partial charge in [-0.1, -0.05) is 48.0 Å². The summed E-state index contributed by atoms with van der Waals surface area (Å²) in [5.74, 6) is 0.567. The third-order valence-corrected chi connectivity index (χ3v) is 3.19. The second-order valence-electron chi connectivity index (χ2n) is 5.25. The summed E-state index contributed by atoms with van der Waals surface area (Å²) >= 11 is 0. The molecule has 13 heavy (non-hydrogen) atoms. The largest absolute Gasteiger partial charge is 0.377 e. The van der Waals surface area contributed by atoms with Gasteiger partial charge in [0, 0.05) is 7.11 Å². The van der Waals surface area contributed by atoms with Gasteiger partial charge in [-0.25, -0.2) is 0 Å². The van der Waals surface area contributed by atoms with Crippen LogP contribution in [0.1, 0.15) is 54.4 Å². The van der Waals surface area contributed by atoms with Crippen molar-refractivity contribution in [3.63, 3.8) is 0 Å². The topological polar surface area (TPSA) is 9.23 Å². The van der Waals surface area contributed by atoms with E-state index in [1.807, 2.05) is 7.11 Å². The van der Waals surface area contributed by atoms with Gasteiger partial charge in [0.25, 0.3) is 0 Å². The highest BCUT2D eigenvalue weighted by Crippen LogP contribution is 2.42. The molecule has 0 aliphatic carbocycles. The summed E-state index contributed by atoms with van der Waals surface area (Å²) in [5.41, 5.74) is 0.244. The van der Waals surface area contributed by atoms with Crippen LogP contribution in [-0.2, 0) is 4.74 Å². The van der Waals surface area contributed by atoms with Crippen molar-refractivity contribution < 1.29 is 4.74 Å². The first-order valence-electron chi connectivity index (χ1n) is 5.37. The highest BCUT2D eigenvalue weighted by atomic mass is 16.5. The van der Waals surface area contributed by atoms with Gasteiger partial charge in [-0.3, -0.25) is 0 Å². The fourth-order valence-corrected chi connectivity index (χ4v) is 2.55. The molecule has 0 spiro atoms. The second kappa shape index (κ2) is 4.45. The van der Waals surface area contributed by atoms with Crippen LogP contribution in [0.4, 0.5) is 0 Å². The number of hydrogen-bond acceptors (Lipinski definition) is 1. The predicted molar refractivity (Wildman–Crippen MR) is 58.9 cm³/mol. The third kappa shape index (κ3) is 2.46. The standard InChI is InChI=1S/C12H26O/c1-8-9-12(13-7,10(2)3)11(4,5)6/h10H,8-9H2,1-7H3/t12-/m1/s1. The van der Waals surface area contributed by atoms with Crippen LogP contribution >= 0.6 is 0 Å². The van der Waals surface area contributed by atoms with Crippen molar-refractivity contribution in [3.05, 3.63) is 0 Å². The Balaban J connectivity index is 4.87. The lowest BCUT2D eigenvalue weighted by Crippen LogP contribution is -2.49. The van der Waals surface area contributed by atoms with E-state index in [-0.39, 0.29) is 11.0 Å². The van der Waals surface area contributed by atoms with Crippen LogP contribution in [0.25, 0.3) is 0 Å². The monoisotopic (exact) mass is 186 g/mol. The fraction of sp³-hybridized carbons (Fsp3) is 1.00. The van der Waals surface area contributed by atoms with Gasteiger partial charge >= 0.3 is 0 Å². The van der Waals surface area contributed by atoms with E-state index in [1.165, 1.54) is 6.42 Å². The molecule has 0 aliphatic heterocycles. The van der Waals surface area contributed by atoms with E-state index >= 15 is 0 Å². The Morgan fingerprint density at radius 1 is 1.15 bits per heavy atom. The summed E-state index contributed by atoms with van der Waals surface area (Å²) in [5, 5.41) is 0. The van der Waals surface area contributed by atoms with E-state index in [0.29, 0.717) is 5.92 Å². The van der Waals surface area contributed by atoms with Crippen LogP contribution < -0.4 is 0 Å². The summed E-state index contributed by atoms with van der Waals surface area (Å²) in [6.07, 6.45) is 2.33. The van der Waals surface area contributed by atoms with Crippen molar-refractivity contribution in [1.29, 1.82) is 0 Å². The molecular formula is C12H26O. The normalized spacial score (nSPS) is 17.5. The zero-order valence-electron chi connectivity index (χ0n) is 10.4. The molecular weight excluding hydrogens is 160 g/mol. The van der Waals surface area contributed by atoms with Crippen molar-refractivity contribution in [1.82, 2.24) is 0 Å². The van der Waals surface area contributed by atoms with Gasteiger partial charge in [0.15, 0.2) is 0 Å². The number of rotatable bonds is 4. The van der Waals surface area contributed by atoms with Crippen molar-refractivity contribution in [2.24, 2.45) is 11.3 Å². The van der Waals surface area contributed by atoms with E-state index < -0.39 is 0 Å². The van der Waals surface area contributed by atoms with Crippen molar-refractivity contribution in [3.8, 4) is 0 Å². The zero-order chi connectivity index (χ0) is 10.7. The van der Waals surface area contributed by atoms with Gasteiger partial charge < -0.3 is 4.74 Å². The molecule has 1 nitrogen and oxygen atoms in total. The zero-order valence-corrected chi connectivity index (χ0v) is 10.4. The molecule has 0 N–H and O–H groups in total. The van der Waals surface area contributed by atoms with E-state index in [4.69, 9.17) is 4.74 Å². The number of methoxy groups -OCH3 is 1. The summed E-state index contributed by atoms with van der Waals surface area (Å²) < 4.78 is 5.80. The Hall–Kier alpha value is -0.0400. The Kier molecular flexibility index (Phi) is 4.44. The molecule has 80 valence electrons. The molecule has 0 aromatic carbocycles. The third-order valence-electron chi connectivity index (χ3n) is 3.19. The van der Waals surface area contributed by atoms with E-state index in [1.54, 1.807) is 0 Å². The molecule has 0 saturated carbocycles. The lowest BCUT2D eigenvalue weighted by Gasteiger charge is -2.47. The molecule has 0 rings (SSSR count). The van der Waals surface area contributed by atoms with Gasteiger partial charge in [0.1, 0.15) is 0 Å². The van der Waals surface area contributed by atoms with Crippen molar-refractivity contribution in [2.75, 3.05) is 7.11 Å². The van der Waals surface area contributed by atoms with Crippen molar-refractivity contribution >= 4 is 0 Å². The van der Waals surface area contributed by atoms with E-state index in [2.05, 4.69) is 41.5 Å². The average Bonchev–Trinajstić information content (AvgIpc) is 1.96. The molecule has 0 bridgehead atoms. The maximum atomic E-state index is 5.80. The highest BCUT2D eigenvalue weighted by molar-refractivity contribution is 4.94. The Morgan fingerprint density at radius 3 is 1.69 bits per heavy atom. The Morgan fingerprint density at radius 2 is 1.62 bits per heavy atom. The van der Waals surface area contributed by atoms with Gasteiger partial charge in [0.2, 0.25) is 0 Å². The second-order valence-corrected chi connectivity index (χ2v) is 5.25. The van der Waals surface area contributed by atoms with Gasteiger partial charge in [0.05, 0.1) is 5.60 Å². The van der Waals surface area contributed by atoms with Crippen LogP contribution in [0.5, 0.6) is 0 Å². The molecule has 0 radical (unpaired) electrons. The molecule has 0 saturated heterocycles. The Labute approximate surface area is 83.9 Å². The van der Waals surface area contributed by atoms with Crippen LogP contribution in [0, 0.1) is 11.3 Å². The van der Waals surface area contributed by atoms with Gasteiger partial charge in [-0.05, 0) is 17.8 Å². The highest BCUT2D eigenvalue weighted by Gasteiger charge is 2.43. The quantitative estimate of drug-likeness (QED) is 0.647. The molecule has 0 unspecified atom stereocenters. The maximum Gasteiger partial charge on any atom is 0.0749 e. The first-order valence-corrected chi connectivity index (χ1v) is 5.37. The van der Waals surface area contributed by atoms with Crippen LogP contribution in [-0.4, -0.2) is 12.7 Å². The summed E-state index contributed by atoms with van der Waals surface area (Å²) in [6.45, 7) is 13.5. The first-order chi connectivity index (χ1) is 5.81. The van der Waals surface area contributed by atoms with Gasteiger partial charge in [-0.2, -0.15) is 0 Å². The summed E-state index contributed by atoms with van der Waals surface area (Å²) in [4.78, 5) is 0.